The second-order valence-electron chi connectivity index (χ2n) is 5.24. The Morgan fingerprint density at radius 2 is 2.00 bits per heavy atom. The number of carbonyl (C=O) groups is 2. The second kappa shape index (κ2) is 9.21. The Bertz CT molecular complexity index is 736. The number of benzene rings is 1. The van der Waals surface area contributed by atoms with Gasteiger partial charge in [0.15, 0.2) is 5.78 Å². The molecule has 8 heteroatoms. The van der Waals surface area contributed by atoms with Gasteiger partial charge < -0.3 is 20.7 Å². The van der Waals surface area contributed by atoms with Crippen molar-refractivity contribution >= 4 is 23.3 Å². The first-order chi connectivity index (χ1) is 12.1. The molecule has 2 aromatic rings. The van der Waals surface area contributed by atoms with Gasteiger partial charge in [-0.05, 0) is 25.5 Å². The third kappa shape index (κ3) is 6.09. The Labute approximate surface area is 146 Å². The monoisotopic (exact) mass is 343 g/mol. The maximum absolute atomic E-state index is 11.8. The van der Waals surface area contributed by atoms with Crippen molar-refractivity contribution in [3.05, 3.63) is 42.2 Å². The molecule has 0 atom stereocenters. The predicted molar refractivity (Wildman–Crippen MR) is 95.2 cm³/mol. The smallest absolute Gasteiger partial charge is 0.319 e. The van der Waals surface area contributed by atoms with Crippen LogP contribution in [0.25, 0.3) is 0 Å². The van der Waals surface area contributed by atoms with Crippen molar-refractivity contribution in [3.8, 4) is 5.88 Å². The number of nitrogens with one attached hydrogen (secondary N) is 3. The Balaban J connectivity index is 1.68. The molecule has 0 spiro atoms. The number of urea groups is 1. The summed E-state index contributed by atoms with van der Waals surface area (Å²) in [7, 11) is 1.54. The van der Waals surface area contributed by atoms with Gasteiger partial charge in [0.05, 0.1) is 7.11 Å². The van der Waals surface area contributed by atoms with Gasteiger partial charge in [0.1, 0.15) is 12.1 Å². The highest BCUT2D eigenvalue weighted by atomic mass is 16.5. The molecule has 1 heterocycles. The van der Waals surface area contributed by atoms with Gasteiger partial charge in [-0.25, -0.2) is 14.8 Å². The summed E-state index contributed by atoms with van der Waals surface area (Å²) in [6, 6.07) is 8.19. The van der Waals surface area contributed by atoms with Crippen LogP contribution >= 0.6 is 0 Å². The van der Waals surface area contributed by atoms with E-state index in [0.717, 1.165) is 0 Å². The number of anilines is 2. The highest BCUT2D eigenvalue weighted by Gasteiger charge is 2.04. The molecule has 0 aliphatic carbocycles. The molecular weight excluding hydrogens is 322 g/mol. The van der Waals surface area contributed by atoms with Gasteiger partial charge in [-0.15, -0.1) is 0 Å². The molecule has 0 saturated heterocycles. The minimum atomic E-state index is -0.315. The van der Waals surface area contributed by atoms with E-state index in [1.807, 2.05) is 0 Å². The lowest BCUT2D eigenvalue weighted by molar-refractivity contribution is 0.101. The zero-order valence-electron chi connectivity index (χ0n) is 14.2. The maximum atomic E-state index is 11.8. The number of rotatable bonds is 8. The minimum absolute atomic E-state index is 0.0449. The van der Waals surface area contributed by atoms with E-state index < -0.39 is 0 Å². The fraction of sp³-hybridized carbons (Fsp3) is 0.294. The lowest BCUT2D eigenvalue weighted by Crippen LogP contribution is -2.30. The van der Waals surface area contributed by atoms with Gasteiger partial charge in [0.2, 0.25) is 5.88 Å². The number of nitrogens with zero attached hydrogens (tertiary/aromatic N) is 2. The number of ether oxygens (including phenoxy) is 1. The largest absolute Gasteiger partial charge is 0.481 e. The molecule has 132 valence electrons. The van der Waals surface area contributed by atoms with E-state index in [4.69, 9.17) is 4.74 Å². The molecule has 1 aromatic carbocycles. The van der Waals surface area contributed by atoms with Gasteiger partial charge >= 0.3 is 6.03 Å². The first kappa shape index (κ1) is 18.2. The van der Waals surface area contributed by atoms with Crippen LogP contribution in [0, 0.1) is 0 Å². The Kier molecular flexibility index (Phi) is 6.70. The third-order valence-corrected chi connectivity index (χ3v) is 3.32. The summed E-state index contributed by atoms with van der Waals surface area (Å²) in [5, 5.41) is 8.58. The topological polar surface area (TPSA) is 105 Å². The Morgan fingerprint density at radius 3 is 2.76 bits per heavy atom. The normalized spacial score (nSPS) is 10.0. The van der Waals surface area contributed by atoms with E-state index in [1.165, 1.54) is 13.3 Å². The van der Waals surface area contributed by atoms with Gasteiger partial charge in [-0.2, -0.15) is 0 Å². The lowest BCUT2D eigenvalue weighted by Gasteiger charge is -2.09. The van der Waals surface area contributed by atoms with Crippen molar-refractivity contribution in [3.63, 3.8) is 0 Å². The van der Waals surface area contributed by atoms with Crippen LogP contribution in [0.3, 0.4) is 0 Å². The molecule has 0 radical (unpaired) electrons. The number of hydrogen-bond acceptors (Lipinski definition) is 6. The minimum Gasteiger partial charge on any atom is -0.481 e. The van der Waals surface area contributed by atoms with Crippen molar-refractivity contribution in [2.45, 2.75) is 13.3 Å². The zero-order valence-corrected chi connectivity index (χ0v) is 14.2. The summed E-state index contributed by atoms with van der Waals surface area (Å²) in [6.45, 7) is 2.62. The molecule has 3 N–H and O–H groups in total. The van der Waals surface area contributed by atoms with E-state index in [2.05, 4.69) is 25.9 Å². The number of amides is 2. The average molecular weight is 343 g/mol. The number of carbonyl (C=O) groups excluding carboxylic acids is 2. The highest BCUT2D eigenvalue weighted by molar-refractivity contribution is 5.96. The zero-order chi connectivity index (χ0) is 18.1. The van der Waals surface area contributed by atoms with E-state index >= 15 is 0 Å². The lowest BCUT2D eigenvalue weighted by atomic mass is 10.1. The number of methoxy groups -OCH3 is 1. The molecule has 25 heavy (non-hydrogen) atoms. The van der Waals surface area contributed by atoms with Gasteiger partial charge in [0.25, 0.3) is 0 Å². The standard InChI is InChI=1S/C17H21N5O3/c1-12(23)13-5-3-6-14(9-13)22-17(24)19-8-4-7-18-15-10-16(25-2)21-11-20-15/h3,5-6,9-11H,4,7-8H2,1-2H3,(H,18,20,21)(H2,19,22,24). The predicted octanol–water partition coefficient (Wildman–Crippen LogP) is 2.31. The molecule has 0 aliphatic heterocycles. The summed E-state index contributed by atoms with van der Waals surface area (Å²) < 4.78 is 5.02. The van der Waals surface area contributed by atoms with E-state index in [-0.39, 0.29) is 11.8 Å². The van der Waals surface area contributed by atoms with Crippen molar-refractivity contribution in [1.29, 1.82) is 0 Å². The van der Waals surface area contributed by atoms with Crippen LogP contribution in [0.5, 0.6) is 5.88 Å². The number of Topliss-reactive ketones (excluding diaryl/α,β-unsaturated/α-hetero) is 1. The van der Waals surface area contributed by atoms with E-state index in [9.17, 15) is 9.59 Å². The molecule has 1 aromatic heterocycles. The maximum Gasteiger partial charge on any atom is 0.319 e. The molecule has 8 nitrogen and oxygen atoms in total. The molecule has 0 bridgehead atoms. The molecule has 0 saturated carbocycles. The highest BCUT2D eigenvalue weighted by Crippen LogP contribution is 2.11. The molecule has 2 rings (SSSR count). The summed E-state index contributed by atoms with van der Waals surface area (Å²) in [6.07, 6.45) is 2.13. The molecule has 2 amide bonds. The van der Waals surface area contributed by atoms with Crippen LogP contribution in [-0.2, 0) is 0 Å². The van der Waals surface area contributed by atoms with Gasteiger partial charge in [0, 0.05) is 30.4 Å². The number of hydrogen-bond donors (Lipinski definition) is 3. The molecular formula is C17H21N5O3. The number of ketones is 1. The number of aromatic nitrogens is 2. The van der Waals surface area contributed by atoms with Crippen LogP contribution in [0.15, 0.2) is 36.7 Å². The fourth-order valence-electron chi connectivity index (χ4n) is 2.05. The Hall–Kier alpha value is -3.16. The van der Waals surface area contributed by atoms with Crippen LogP contribution in [-0.4, -0.2) is 42.0 Å². The average Bonchev–Trinajstić information content (AvgIpc) is 2.61. The van der Waals surface area contributed by atoms with Gasteiger partial charge in [-0.3, -0.25) is 4.79 Å². The van der Waals surface area contributed by atoms with Crippen molar-refractivity contribution in [2.24, 2.45) is 0 Å². The first-order valence-electron chi connectivity index (χ1n) is 7.84. The third-order valence-electron chi connectivity index (χ3n) is 3.32. The van der Waals surface area contributed by atoms with Crippen molar-refractivity contribution in [1.82, 2.24) is 15.3 Å². The summed E-state index contributed by atoms with van der Waals surface area (Å²) >= 11 is 0. The van der Waals surface area contributed by atoms with Crippen molar-refractivity contribution < 1.29 is 14.3 Å². The summed E-state index contributed by atoms with van der Waals surface area (Å²) in [5.74, 6) is 1.11. The van der Waals surface area contributed by atoms with Crippen molar-refractivity contribution in [2.75, 3.05) is 30.8 Å². The van der Waals surface area contributed by atoms with Gasteiger partial charge in [-0.1, -0.05) is 12.1 Å². The summed E-state index contributed by atoms with van der Waals surface area (Å²) in [5.41, 5.74) is 1.14. The molecule has 0 unspecified atom stereocenters. The SMILES string of the molecule is COc1cc(NCCCNC(=O)Nc2cccc(C(C)=O)c2)ncn1. The van der Waals surface area contributed by atoms with E-state index in [1.54, 1.807) is 37.4 Å². The van der Waals surface area contributed by atoms with Crippen LogP contribution < -0.4 is 20.7 Å². The summed E-state index contributed by atoms with van der Waals surface area (Å²) in [4.78, 5) is 31.2. The fourth-order valence-corrected chi connectivity index (χ4v) is 2.05. The molecule has 0 fully saturated rings. The Morgan fingerprint density at radius 1 is 1.16 bits per heavy atom. The van der Waals surface area contributed by atoms with Crippen LogP contribution in [0.1, 0.15) is 23.7 Å². The molecule has 0 aliphatic rings. The van der Waals surface area contributed by atoms with Crippen LogP contribution in [0.2, 0.25) is 0 Å². The van der Waals surface area contributed by atoms with E-state index in [0.29, 0.717) is 42.5 Å². The quantitative estimate of drug-likeness (QED) is 0.502. The first-order valence-corrected chi connectivity index (χ1v) is 7.84. The van der Waals surface area contributed by atoms with Crippen LogP contribution in [0.4, 0.5) is 16.3 Å². The second-order valence-corrected chi connectivity index (χ2v) is 5.24.